The van der Waals surface area contributed by atoms with Crippen molar-refractivity contribution in [1.29, 1.82) is 0 Å². The molecule has 5 heterocycles. The second-order valence-electron chi connectivity index (χ2n) is 24.3. The topological polar surface area (TPSA) is 60.3 Å². The molecule has 0 saturated heterocycles. The van der Waals surface area contributed by atoms with Crippen LogP contribution in [0.1, 0.15) is 11.4 Å². The maximum Gasteiger partial charge on any atom is 0.0737 e. The van der Waals surface area contributed by atoms with Crippen LogP contribution in [-0.2, 0) is 0 Å². The van der Waals surface area contributed by atoms with Gasteiger partial charge in [0.25, 0.3) is 0 Å². The van der Waals surface area contributed by atoms with Gasteiger partial charge >= 0.3 is 0 Å². The molecule has 1 aliphatic rings. The Bertz CT molecular complexity index is 5460. The smallest absolute Gasteiger partial charge is 0.0737 e. The Balaban J connectivity index is 1.07. The molecule has 0 spiro atoms. The van der Waals surface area contributed by atoms with Crippen LogP contribution < -0.4 is 0 Å². The lowest BCUT2D eigenvalue weighted by Gasteiger charge is -2.20. The van der Waals surface area contributed by atoms with Crippen LogP contribution in [0.3, 0.4) is 0 Å². The minimum Gasteiger partial charge on any atom is -0.354 e. The Labute approximate surface area is 552 Å². The summed E-state index contributed by atoms with van der Waals surface area (Å²) in [5.74, 6) is 0. The third-order valence-corrected chi connectivity index (χ3v) is 18.6. The van der Waals surface area contributed by atoms with Crippen LogP contribution in [0, 0.1) is 0 Å². The highest BCUT2D eigenvalue weighted by Gasteiger charge is 2.27. The lowest BCUT2D eigenvalue weighted by Crippen LogP contribution is -1.97. The highest BCUT2D eigenvalue weighted by Crippen LogP contribution is 2.51. The summed E-state index contributed by atoms with van der Waals surface area (Å²) < 4.78 is 0. The van der Waals surface area contributed by atoms with Crippen molar-refractivity contribution in [2.24, 2.45) is 0 Å². The van der Waals surface area contributed by atoms with Gasteiger partial charge < -0.3 is 15.0 Å². The van der Waals surface area contributed by atoms with Gasteiger partial charge in [-0.1, -0.05) is 273 Å². The summed E-state index contributed by atoms with van der Waals surface area (Å²) in [5.41, 5.74) is 33.4. The first-order chi connectivity index (χ1) is 47.1. The van der Waals surface area contributed by atoms with Crippen molar-refractivity contribution >= 4 is 45.3 Å². The van der Waals surface area contributed by atoms with Gasteiger partial charge in [0.05, 0.1) is 22.4 Å². The number of hydrogen-bond donors (Lipinski definition) is 3. The van der Waals surface area contributed by atoms with E-state index in [2.05, 4.69) is 373 Å². The quantitative estimate of drug-likeness (QED) is 0.112. The molecule has 446 valence electrons. The van der Waals surface area contributed by atoms with E-state index in [0.717, 1.165) is 178 Å². The van der Waals surface area contributed by atoms with Crippen molar-refractivity contribution in [2.45, 2.75) is 0 Å². The van der Waals surface area contributed by atoms with Crippen LogP contribution in [-0.4, -0.2) is 19.9 Å². The first kappa shape index (κ1) is 56.4. The van der Waals surface area contributed by atoms with E-state index in [1.807, 2.05) is 0 Å². The van der Waals surface area contributed by atoms with E-state index in [9.17, 15) is 0 Å². The van der Waals surface area contributed by atoms with Gasteiger partial charge in [0.2, 0.25) is 0 Å². The molecule has 17 rings (SSSR count). The predicted octanol–water partition coefficient (Wildman–Crippen LogP) is 24.7. The van der Waals surface area contributed by atoms with Gasteiger partial charge in [-0.05, 0) is 185 Å². The summed E-state index contributed by atoms with van der Waals surface area (Å²) >= 11 is 0. The number of rotatable bonds is 12. The molecule has 0 aliphatic carbocycles. The standard InChI is InChI=1S/C91H62N4/c1-10-28-60(29-11-1)69-54-72(63-34-16-4-17-35-63)86(73(55-69)64-36-18-5-19-37-64)89-80-48-46-78(92-80)79-47-49-81(93-79)90(87-74(65-38-20-6-21-39-65)56-70(61-30-12-2-13-31-61)57-75(87)66-40-22-7-23-41-66)83-51-53-85(95-83)91(84-52-50-82(89)94-84)88-76(67-42-24-8-25-43-67)58-71(62-32-14-3-15-33-62)59-77(88)68-44-26-9-27-45-68/h1-59,92-94H. The van der Waals surface area contributed by atoms with Crippen LogP contribution in [0.25, 0.3) is 179 Å². The highest BCUT2D eigenvalue weighted by molar-refractivity contribution is 6.11. The largest absolute Gasteiger partial charge is 0.354 e. The van der Waals surface area contributed by atoms with E-state index in [4.69, 9.17) is 4.98 Å². The van der Waals surface area contributed by atoms with Gasteiger partial charge in [-0.3, -0.25) is 0 Å². The molecule has 1 aliphatic heterocycles. The summed E-state index contributed by atoms with van der Waals surface area (Å²) in [6.45, 7) is 0. The van der Waals surface area contributed by atoms with Gasteiger partial charge in [0.15, 0.2) is 0 Å². The Morgan fingerprint density at radius 3 is 0.589 bits per heavy atom. The van der Waals surface area contributed by atoms with Gasteiger partial charge in [-0.15, -0.1) is 0 Å². The number of fused-ring (bicyclic) bond motifs is 9. The van der Waals surface area contributed by atoms with E-state index in [0.29, 0.717) is 0 Å². The van der Waals surface area contributed by atoms with E-state index in [-0.39, 0.29) is 0 Å². The molecule has 0 unspecified atom stereocenters. The Kier molecular flexibility index (Phi) is 14.6. The Morgan fingerprint density at radius 1 is 0.158 bits per heavy atom. The van der Waals surface area contributed by atoms with Crippen LogP contribution in [0.2, 0.25) is 0 Å². The third-order valence-electron chi connectivity index (χ3n) is 18.6. The molecule has 0 saturated carbocycles. The summed E-state index contributed by atoms with van der Waals surface area (Å²) in [6, 6.07) is 125. The zero-order chi connectivity index (χ0) is 63.0. The van der Waals surface area contributed by atoms with Crippen molar-refractivity contribution < 1.29 is 0 Å². The molecule has 0 atom stereocenters. The molecule has 16 aromatic rings. The van der Waals surface area contributed by atoms with Crippen molar-refractivity contribution in [3.8, 4) is 134 Å². The molecular formula is C91H62N4. The number of H-pyrrole nitrogens is 3. The SMILES string of the molecule is C1=Cc2nc1c(-c1c(-c3ccccc3)cc(-c3ccccc3)cc1-c1ccccc1)c1ccc([nH]1)c(-c1c(-c3ccccc3)cc(-c3ccccc3)cc1-c1ccccc1)c1ccc([nH]1)c1ccc([nH]1)c2-c1c(-c2ccccc2)cc(-c2ccccc2)cc1-c1ccccc1. The van der Waals surface area contributed by atoms with Gasteiger partial charge in [-0.25, -0.2) is 4.98 Å². The van der Waals surface area contributed by atoms with Crippen molar-refractivity contribution in [3.05, 3.63) is 357 Å². The lowest BCUT2D eigenvalue weighted by atomic mass is 9.84. The molecule has 0 radical (unpaired) electrons. The third kappa shape index (κ3) is 10.7. The molecular weight excluding hydrogens is 1150 g/mol. The summed E-state index contributed by atoms with van der Waals surface area (Å²) in [5, 5.41) is 0. The molecule has 95 heavy (non-hydrogen) atoms. The minimum absolute atomic E-state index is 0.822. The number of hydrogen-bond acceptors (Lipinski definition) is 1. The van der Waals surface area contributed by atoms with E-state index < -0.39 is 0 Å². The summed E-state index contributed by atoms with van der Waals surface area (Å²) in [6.07, 6.45) is 4.50. The maximum absolute atomic E-state index is 6.11. The molecule has 8 bridgehead atoms. The molecule has 0 fully saturated rings. The first-order valence-electron chi connectivity index (χ1n) is 32.5. The van der Waals surface area contributed by atoms with Crippen molar-refractivity contribution in [2.75, 3.05) is 0 Å². The van der Waals surface area contributed by atoms with Crippen LogP contribution in [0.15, 0.2) is 346 Å². The fraction of sp³-hybridized carbons (Fsp3) is 0. The molecule has 4 heteroatoms. The second kappa shape index (κ2) is 24.5. The number of nitrogens with zero attached hydrogens (tertiary/aromatic N) is 1. The number of benzene rings is 12. The zero-order valence-electron chi connectivity index (χ0n) is 52.0. The minimum atomic E-state index is 0.822. The summed E-state index contributed by atoms with van der Waals surface area (Å²) in [7, 11) is 0. The van der Waals surface area contributed by atoms with Gasteiger partial charge in [-0.2, -0.15) is 0 Å². The first-order valence-corrected chi connectivity index (χ1v) is 32.5. The normalized spacial score (nSPS) is 11.5. The average Bonchev–Trinajstić information content (AvgIpc) is 1.71. The number of aromatic nitrogens is 4. The van der Waals surface area contributed by atoms with E-state index in [1.165, 1.54) is 0 Å². The predicted molar refractivity (Wildman–Crippen MR) is 400 cm³/mol. The molecule has 0 amide bonds. The van der Waals surface area contributed by atoms with E-state index in [1.54, 1.807) is 0 Å². The lowest BCUT2D eigenvalue weighted by molar-refractivity contribution is 1.32. The van der Waals surface area contributed by atoms with Crippen LogP contribution >= 0.6 is 0 Å². The molecule has 4 nitrogen and oxygen atoms in total. The van der Waals surface area contributed by atoms with E-state index >= 15 is 0 Å². The maximum atomic E-state index is 6.11. The zero-order valence-corrected chi connectivity index (χ0v) is 52.0. The molecule has 12 aromatic carbocycles. The van der Waals surface area contributed by atoms with Gasteiger partial charge in [0.1, 0.15) is 0 Å². The highest BCUT2D eigenvalue weighted by atomic mass is 14.8. The Morgan fingerprint density at radius 2 is 0.347 bits per heavy atom. The van der Waals surface area contributed by atoms with Gasteiger partial charge in [0, 0.05) is 55.4 Å². The number of aromatic amines is 3. The van der Waals surface area contributed by atoms with Crippen molar-refractivity contribution in [1.82, 2.24) is 19.9 Å². The number of nitrogens with one attached hydrogen (secondary N) is 3. The van der Waals surface area contributed by atoms with Crippen LogP contribution in [0.4, 0.5) is 0 Å². The Hall–Kier alpha value is -12.6. The second-order valence-corrected chi connectivity index (χ2v) is 24.3. The van der Waals surface area contributed by atoms with Crippen molar-refractivity contribution in [3.63, 3.8) is 0 Å². The molecule has 4 aromatic heterocycles. The fourth-order valence-electron chi connectivity index (χ4n) is 14.1. The fourth-order valence-corrected chi connectivity index (χ4v) is 14.1. The monoisotopic (exact) mass is 1210 g/mol. The molecule has 3 N–H and O–H groups in total. The average molecular weight is 1210 g/mol. The summed E-state index contributed by atoms with van der Waals surface area (Å²) in [4.78, 5) is 18.5. The van der Waals surface area contributed by atoms with Crippen LogP contribution in [0.5, 0.6) is 0 Å².